The Kier molecular flexibility index (Phi) is 5.22. The largest absolute Gasteiger partial charge is 0.465 e. The van der Waals surface area contributed by atoms with Crippen LogP contribution in [0.1, 0.15) is 37.6 Å². The average molecular weight is 370 g/mol. The Morgan fingerprint density at radius 2 is 2.08 bits per heavy atom. The standard InChI is InChI=1S/C16H20ClN3O5/c1-16(2,3)19-8-9(5-14(19)21)18-12-7-11(17)10(15(22)25-4)6-13(12)20(23)24/h6-7,9,18H,5,8H2,1-4H3. The molecule has 1 atom stereocenters. The number of anilines is 1. The second kappa shape index (κ2) is 6.87. The zero-order valence-corrected chi connectivity index (χ0v) is 15.2. The van der Waals surface area contributed by atoms with E-state index >= 15 is 0 Å². The van der Waals surface area contributed by atoms with Crippen molar-refractivity contribution in [2.75, 3.05) is 19.0 Å². The minimum atomic E-state index is -0.755. The van der Waals surface area contributed by atoms with Gasteiger partial charge in [0.05, 0.1) is 28.7 Å². The monoisotopic (exact) mass is 369 g/mol. The Balaban J connectivity index is 2.31. The maximum Gasteiger partial charge on any atom is 0.339 e. The van der Waals surface area contributed by atoms with Crippen LogP contribution in [0.15, 0.2) is 12.1 Å². The van der Waals surface area contributed by atoms with E-state index in [0.29, 0.717) is 6.54 Å². The van der Waals surface area contributed by atoms with E-state index < -0.39 is 10.9 Å². The van der Waals surface area contributed by atoms with Gasteiger partial charge in [0.1, 0.15) is 5.69 Å². The number of hydrogen-bond donors (Lipinski definition) is 1. The molecule has 1 unspecified atom stereocenters. The van der Waals surface area contributed by atoms with Crippen LogP contribution in [0.25, 0.3) is 0 Å². The van der Waals surface area contributed by atoms with E-state index in [-0.39, 0.29) is 45.9 Å². The molecular weight excluding hydrogens is 350 g/mol. The Bertz CT molecular complexity index is 729. The number of rotatable bonds is 4. The fourth-order valence-electron chi connectivity index (χ4n) is 2.77. The second-order valence-corrected chi connectivity index (χ2v) is 7.23. The minimum absolute atomic E-state index is 0.0232. The van der Waals surface area contributed by atoms with E-state index in [2.05, 4.69) is 10.1 Å². The van der Waals surface area contributed by atoms with Gasteiger partial charge >= 0.3 is 5.97 Å². The molecule has 0 aromatic heterocycles. The molecule has 1 aromatic carbocycles. The molecule has 8 nitrogen and oxygen atoms in total. The Labute approximate surface area is 150 Å². The molecule has 1 aromatic rings. The summed E-state index contributed by atoms with van der Waals surface area (Å²) in [7, 11) is 1.17. The number of nitro benzene ring substituents is 1. The highest BCUT2D eigenvalue weighted by atomic mass is 35.5. The van der Waals surface area contributed by atoms with Crippen LogP contribution in [0.4, 0.5) is 11.4 Å². The molecule has 9 heteroatoms. The van der Waals surface area contributed by atoms with Crippen molar-refractivity contribution in [2.24, 2.45) is 0 Å². The lowest BCUT2D eigenvalue weighted by atomic mass is 10.1. The van der Waals surface area contributed by atoms with Gasteiger partial charge in [-0.3, -0.25) is 14.9 Å². The van der Waals surface area contributed by atoms with Crippen LogP contribution < -0.4 is 5.32 Å². The Hall–Kier alpha value is -2.35. The molecule has 0 spiro atoms. The van der Waals surface area contributed by atoms with Crippen LogP contribution in [-0.2, 0) is 9.53 Å². The lowest BCUT2D eigenvalue weighted by Crippen LogP contribution is -2.43. The summed E-state index contributed by atoms with van der Waals surface area (Å²) in [4.78, 5) is 36.3. The van der Waals surface area contributed by atoms with Crippen LogP contribution in [0, 0.1) is 10.1 Å². The highest BCUT2D eigenvalue weighted by molar-refractivity contribution is 6.34. The molecule has 0 bridgehead atoms. The molecule has 1 aliphatic rings. The summed E-state index contributed by atoms with van der Waals surface area (Å²) in [5.74, 6) is -0.778. The van der Waals surface area contributed by atoms with E-state index in [1.165, 1.54) is 13.2 Å². The Morgan fingerprint density at radius 1 is 1.44 bits per heavy atom. The molecule has 0 saturated carbocycles. The van der Waals surface area contributed by atoms with Crippen LogP contribution in [0.3, 0.4) is 0 Å². The molecule has 1 fully saturated rings. The molecule has 2 rings (SSSR count). The van der Waals surface area contributed by atoms with Gasteiger partial charge in [0.15, 0.2) is 0 Å². The lowest BCUT2D eigenvalue weighted by Gasteiger charge is -2.32. The normalized spacial score (nSPS) is 17.6. The van der Waals surface area contributed by atoms with Crippen molar-refractivity contribution in [3.05, 3.63) is 32.8 Å². The maximum absolute atomic E-state index is 12.2. The molecule has 1 amide bonds. The third-order valence-electron chi connectivity index (χ3n) is 3.98. The molecule has 136 valence electrons. The van der Waals surface area contributed by atoms with Gasteiger partial charge in [-0.25, -0.2) is 4.79 Å². The molecular formula is C16H20ClN3O5. The topological polar surface area (TPSA) is 102 Å². The van der Waals surface area contributed by atoms with Crippen molar-refractivity contribution in [1.29, 1.82) is 0 Å². The fourth-order valence-corrected chi connectivity index (χ4v) is 3.01. The number of nitrogens with one attached hydrogen (secondary N) is 1. The highest BCUT2D eigenvalue weighted by Crippen LogP contribution is 2.33. The number of hydrogen-bond acceptors (Lipinski definition) is 6. The summed E-state index contributed by atoms with van der Waals surface area (Å²) < 4.78 is 4.57. The second-order valence-electron chi connectivity index (χ2n) is 6.82. The number of benzene rings is 1. The number of amides is 1. The number of carbonyl (C=O) groups is 2. The molecule has 0 aliphatic carbocycles. The number of nitro groups is 1. The van der Waals surface area contributed by atoms with E-state index in [1.54, 1.807) is 4.90 Å². The molecule has 0 radical (unpaired) electrons. The smallest absolute Gasteiger partial charge is 0.339 e. The summed E-state index contributed by atoms with van der Waals surface area (Å²) in [6.07, 6.45) is 0.227. The van der Waals surface area contributed by atoms with Gasteiger partial charge in [-0.05, 0) is 26.8 Å². The van der Waals surface area contributed by atoms with Crippen LogP contribution in [0.2, 0.25) is 5.02 Å². The van der Waals surface area contributed by atoms with Crippen molar-refractivity contribution in [1.82, 2.24) is 4.90 Å². The first kappa shape index (κ1) is 19.0. The van der Waals surface area contributed by atoms with Crippen molar-refractivity contribution < 1.29 is 19.2 Å². The van der Waals surface area contributed by atoms with Gasteiger partial charge < -0.3 is 15.0 Å². The summed E-state index contributed by atoms with van der Waals surface area (Å²) in [5, 5.41) is 14.4. The zero-order valence-electron chi connectivity index (χ0n) is 14.5. The van der Waals surface area contributed by atoms with Crippen LogP contribution >= 0.6 is 11.6 Å². The SMILES string of the molecule is COC(=O)c1cc([N+](=O)[O-])c(NC2CC(=O)N(C(C)(C)C)C2)cc1Cl. The molecule has 25 heavy (non-hydrogen) atoms. The van der Waals surface area contributed by atoms with Gasteiger partial charge in [0.25, 0.3) is 5.69 Å². The molecule has 1 heterocycles. The van der Waals surface area contributed by atoms with Crippen LogP contribution in [-0.4, -0.2) is 46.9 Å². The van der Waals surface area contributed by atoms with Gasteiger partial charge in [0.2, 0.25) is 5.91 Å². The van der Waals surface area contributed by atoms with Gasteiger partial charge in [-0.2, -0.15) is 0 Å². The van der Waals surface area contributed by atoms with Crippen molar-refractivity contribution in [3.8, 4) is 0 Å². The first-order valence-electron chi connectivity index (χ1n) is 7.68. The lowest BCUT2D eigenvalue weighted by molar-refractivity contribution is -0.384. The summed E-state index contributed by atoms with van der Waals surface area (Å²) in [5.41, 5.74) is -0.547. The van der Waals surface area contributed by atoms with Crippen molar-refractivity contribution >= 4 is 34.9 Å². The van der Waals surface area contributed by atoms with Crippen molar-refractivity contribution in [3.63, 3.8) is 0 Å². The van der Waals surface area contributed by atoms with E-state index in [4.69, 9.17) is 11.6 Å². The van der Waals surface area contributed by atoms with E-state index in [9.17, 15) is 19.7 Å². The summed E-state index contributed by atoms with van der Waals surface area (Å²) in [6, 6.07) is 2.11. The Morgan fingerprint density at radius 3 is 2.56 bits per heavy atom. The quantitative estimate of drug-likeness (QED) is 0.497. The number of methoxy groups -OCH3 is 1. The number of ether oxygens (including phenoxy) is 1. The molecule has 1 aliphatic heterocycles. The summed E-state index contributed by atoms with van der Waals surface area (Å²) in [6.45, 7) is 6.21. The average Bonchev–Trinajstić information content (AvgIpc) is 2.87. The first-order chi connectivity index (χ1) is 11.5. The van der Waals surface area contributed by atoms with Crippen LogP contribution in [0.5, 0.6) is 0 Å². The predicted molar refractivity (Wildman–Crippen MR) is 92.9 cm³/mol. The molecule has 1 N–H and O–H groups in total. The predicted octanol–water partition coefficient (Wildman–Crippen LogP) is 2.85. The number of carbonyl (C=O) groups excluding carboxylic acids is 2. The first-order valence-corrected chi connectivity index (χ1v) is 8.05. The third-order valence-corrected chi connectivity index (χ3v) is 4.29. The number of halogens is 1. The summed E-state index contributed by atoms with van der Waals surface area (Å²) >= 11 is 6.05. The van der Waals surface area contributed by atoms with E-state index in [1.807, 2.05) is 20.8 Å². The highest BCUT2D eigenvalue weighted by Gasteiger charge is 2.37. The van der Waals surface area contributed by atoms with E-state index in [0.717, 1.165) is 6.07 Å². The number of esters is 1. The maximum atomic E-state index is 12.2. The number of likely N-dealkylation sites (tertiary alicyclic amines) is 1. The third kappa shape index (κ3) is 4.01. The minimum Gasteiger partial charge on any atom is -0.465 e. The van der Waals surface area contributed by atoms with Gasteiger partial charge in [-0.1, -0.05) is 11.6 Å². The van der Waals surface area contributed by atoms with Crippen molar-refractivity contribution in [2.45, 2.75) is 38.8 Å². The number of nitrogens with zero attached hydrogens (tertiary/aromatic N) is 2. The van der Waals surface area contributed by atoms with Gasteiger partial charge in [-0.15, -0.1) is 0 Å². The van der Waals surface area contributed by atoms with Gasteiger partial charge in [0, 0.05) is 24.6 Å². The fraction of sp³-hybridized carbons (Fsp3) is 0.500. The zero-order chi connectivity index (χ0) is 18.9. The molecule has 1 saturated heterocycles.